The fraction of sp³-hybridized carbons (Fsp3) is 0.0667. The van der Waals surface area contributed by atoms with Crippen molar-refractivity contribution in [3.05, 3.63) is 121 Å². The average Bonchev–Trinajstić information content (AvgIpc) is 3.45. The molecule has 7 rings (SSSR count). The minimum absolute atomic E-state index is 0.237. The lowest BCUT2D eigenvalue weighted by Crippen LogP contribution is -2.28. The molecular formula is C30H21NO. The van der Waals surface area contributed by atoms with Gasteiger partial charge >= 0.3 is 0 Å². The van der Waals surface area contributed by atoms with E-state index in [4.69, 9.17) is 4.42 Å². The van der Waals surface area contributed by atoms with E-state index in [-0.39, 0.29) is 6.04 Å². The van der Waals surface area contributed by atoms with Crippen molar-refractivity contribution >= 4 is 33.1 Å². The summed E-state index contributed by atoms with van der Waals surface area (Å²) in [5.41, 5.74) is 3.74. The molecule has 0 saturated heterocycles. The van der Waals surface area contributed by atoms with Gasteiger partial charge in [-0.3, -0.25) is 0 Å². The Labute approximate surface area is 186 Å². The first kappa shape index (κ1) is 17.6. The van der Waals surface area contributed by atoms with E-state index in [0.29, 0.717) is 5.92 Å². The Bertz CT molecular complexity index is 1500. The van der Waals surface area contributed by atoms with E-state index >= 15 is 0 Å². The van der Waals surface area contributed by atoms with E-state index < -0.39 is 0 Å². The van der Waals surface area contributed by atoms with Crippen molar-refractivity contribution in [2.24, 2.45) is 0 Å². The lowest BCUT2D eigenvalue weighted by molar-refractivity contribution is 0.564. The monoisotopic (exact) mass is 411 g/mol. The number of fused-ring (bicyclic) bond motifs is 5. The topological polar surface area (TPSA) is 16.4 Å². The zero-order chi connectivity index (χ0) is 21.1. The molecule has 2 heterocycles. The molecular weight excluding hydrogens is 390 g/mol. The highest BCUT2D eigenvalue weighted by atomic mass is 16.4. The first-order valence-corrected chi connectivity index (χ1v) is 11.1. The Morgan fingerprint density at radius 3 is 2.16 bits per heavy atom. The van der Waals surface area contributed by atoms with Gasteiger partial charge in [0.1, 0.15) is 5.76 Å². The maximum absolute atomic E-state index is 6.64. The van der Waals surface area contributed by atoms with Gasteiger partial charge in [-0.2, -0.15) is 0 Å². The van der Waals surface area contributed by atoms with Gasteiger partial charge in [-0.15, -0.1) is 0 Å². The van der Waals surface area contributed by atoms with E-state index in [2.05, 4.69) is 120 Å². The summed E-state index contributed by atoms with van der Waals surface area (Å²) >= 11 is 0. The lowest BCUT2D eigenvalue weighted by atomic mass is 9.92. The lowest BCUT2D eigenvalue weighted by Gasteiger charge is -2.26. The molecule has 5 aromatic rings. The third kappa shape index (κ3) is 2.47. The maximum Gasteiger partial charge on any atom is 0.201 e. The number of rotatable bonds is 2. The number of nitrogens with zero attached hydrogens (tertiary/aromatic N) is 1. The number of hydrogen-bond donors (Lipinski definition) is 0. The van der Waals surface area contributed by atoms with Crippen molar-refractivity contribution in [2.45, 2.75) is 12.0 Å². The van der Waals surface area contributed by atoms with Crippen LogP contribution in [0, 0.1) is 0 Å². The van der Waals surface area contributed by atoms with E-state index in [1.54, 1.807) is 0 Å². The van der Waals surface area contributed by atoms with Crippen LogP contribution < -0.4 is 4.90 Å². The Morgan fingerprint density at radius 2 is 1.34 bits per heavy atom. The van der Waals surface area contributed by atoms with E-state index in [1.165, 1.54) is 32.8 Å². The fourth-order valence-corrected chi connectivity index (χ4v) is 5.42. The molecule has 0 saturated carbocycles. The summed E-state index contributed by atoms with van der Waals surface area (Å²) in [5, 5.41) is 4.89. The van der Waals surface area contributed by atoms with Crippen LogP contribution in [0.4, 0.5) is 11.6 Å². The van der Waals surface area contributed by atoms with E-state index in [0.717, 1.165) is 17.2 Å². The van der Waals surface area contributed by atoms with Gasteiger partial charge in [0, 0.05) is 23.2 Å². The highest BCUT2D eigenvalue weighted by Crippen LogP contribution is 2.49. The first-order chi connectivity index (χ1) is 15.9. The van der Waals surface area contributed by atoms with Crippen LogP contribution in [0.5, 0.6) is 0 Å². The molecule has 4 aromatic carbocycles. The summed E-state index contributed by atoms with van der Waals surface area (Å²) in [6.07, 6.45) is 8.87. The number of furan rings is 1. The minimum Gasteiger partial charge on any atom is -0.440 e. The molecule has 152 valence electrons. The average molecular weight is 412 g/mol. The molecule has 1 aliphatic carbocycles. The summed E-state index contributed by atoms with van der Waals surface area (Å²) < 4.78 is 6.64. The van der Waals surface area contributed by atoms with Crippen molar-refractivity contribution in [2.75, 3.05) is 4.90 Å². The molecule has 32 heavy (non-hydrogen) atoms. The predicted molar refractivity (Wildman–Crippen MR) is 133 cm³/mol. The summed E-state index contributed by atoms with van der Waals surface area (Å²) in [6, 6.07) is 32.5. The van der Waals surface area contributed by atoms with Crippen LogP contribution >= 0.6 is 0 Å². The zero-order valence-electron chi connectivity index (χ0n) is 17.5. The van der Waals surface area contributed by atoms with Crippen LogP contribution in [0.25, 0.3) is 32.9 Å². The molecule has 0 N–H and O–H groups in total. The highest BCUT2D eigenvalue weighted by Gasteiger charge is 2.38. The van der Waals surface area contributed by atoms with Gasteiger partial charge in [-0.1, -0.05) is 91.0 Å². The predicted octanol–water partition coefficient (Wildman–Crippen LogP) is 7.98. The molecule has 0 spiro atoms. The van der Waals surface area contributed by atoms with Crippen molar-refractivity contribution in [1.29, 1.82) is 0 Å². The van der Waals surface area contributed by atoms with Crippen LogP contribution in [0.15, 0.2) is 120 Å². The largest absolute Gasteiger partial charge is 0.440 e. The normalized spacial score (nSPS) is 18.9. The number of anilines is 2. The van der Waals surface area contributed by atoms with Gasteiger partial charge < -0.3 is 9.32 Å². The molecule has 0 bridgehead atoms. The second kappa shape index (κ2) is 6.73. The molecule has 1 aliphatic heterocycles. The summed E-state index contributed by atoms with van der Waals surface area (Å²) in [6.45, 7) is 0. The van der Waals surface area contributed by atoms with Crippen LogP contribution in [-0.2, 0) is 0 Å². The smallest absolute Gasteiger partial charge is 0.201 e. The van der Waals surface area contributed by atoms with Crippen molar-refractivity contribution in [1.82, 2.24) is 0 Å². The third-order valence-electron chi connectivity index (χ3n) is 6.81. The Kier molecular flexibility index (Phi) is 3.71. The number of benzene rings is 4. The molecule has 2 aliphatic rings. The van der Waals surface area contributed by atoms with Gasteiger partial charge in [0.05, 0.1) is 6.04 Å². The molecule has 2 nitrogen and oxygen atoms in total. The molecule has 0 fully saturated rings. The maximum atomic E-state index is 6.64. The standard InChI is InChI=1S/C30H21NO/c1-3-11-22-20(9-1)19-21-10-2-4-12-23(21)30(22)28-17-18-29(32-28)31-26-15-7-5-13-24(26)25-14-6-8-16-27(25)31/h1-19,24,26H. The number of hydrogen-bond acceptors (Lipinski definition) is 2. The SMILES string of the molecule is C1=CC2c3ccccc3N(c3ccc(-c4c5ccccc5cc5ccccc45)o3)C2C=C1. The Balaban J connectivity index is 1.43. The van der Waals surface area contributed by atoms with Gasteiger partial charge in [0.15, 0.2) is 0 Å². The van der Waals surface area contributed by atoms with Gasteiger partial charge in [-0.25, -0.2) is 0 Å². The fourth-order valence-electron chi connectivity index (χ4n) is 5.42. The Hall–Kier alpha value is -4.04. The molecule has 1 aromatic heterocycles. The minimum atomic E-state index is 0.237. The molecule has 2 atom stereocenters. The second-order valence-corrected chi connectivity index (χ2v) is 8.55. The summed E-state index contributed by atoms with van der Waals surface area (Å²) in [4.78, 5) is 2.34. The van der Waals surface area contributed by atoms with Crippen molar-refractivity contribution in [3.63, 3.8) is 0 Å². The number of allylic oxidation sites excluding steroid dienone is 2. The third-order valence-corrected chi connectivity index (χ3v) is 6.81. The first-order valence-electron chi connectivity index (χ1n) is 11.1. The molecule has 0 amide bonds. The van der Waals surface area contributed by atoms with Crippen LogP contribution in [-0.4, -0.2) is 6.04 Å². The highest BCUT2D eigenvalue weighted by molar-refractivity contribution is 6.11. The quantitative estimate of drug-likeness (QED) is 0.274. The molecule has 2 heteroatoms. The zero-order valence-corrected chi connectivity index (χ0v) is 17.5. The molecule has 2 unspecified atom stereocenters. The summed E-state index contributed by atoms with van der Waals surface area (Å²) in [7, 11) is 0. The van der Waals surface area contributed by atoms with Gasteiger partial charge in [-0.05, 0) is 45.3 Å². The van der Waals surface area contributed by atoms with Gasteiger partial charge in [0.25, 0.3) is 0 Å². The van der Waals surface area contributed by atoms with Gasteiger partial charge in [0.2, 0.25) is 5.88 Å². The van der Waals surface area contributed by atoms with Crippen molar-refractivity contribution < 1.29 is 4.42 Å². The van der Waals surface area contributed by atoms with E-state index in [9.17, 15) is 0 Å². The number of para-hydroxylation sites is 1. The van der Waals surface area contributed by atoms with Crippen molar-refractivity contribution in [3.8, 4) is 11.3 Å². The molecule has 0 radical (unpaired) electrons. The van der Waals surface area contributed by atoms with Crippen LogP contribution in [0.2, 0.25) is 0 Å². The summed E-state index contributed by atoms with van der Waals surface area (Å²) in [5.74, 6) is 2.14. The van der Waals surface area contributed by atoms with E-state index in [1.807, 2.05) is 0 Å². The van der Waals surface area contributed by atoms with Crippen LogP contribution in [0.1, 0.15) is 11.5 Å². The Morgan fingerprint density at radius 1 is 0.656 bits per heavy atom. The second-order valence-electron chi connectivity index (χ2n) is 8.55. The van der Waals surface area contributed by atoms with Crippen LogP contribution in [0.3, 0.4) is 0 Å².